The Morgan fingerprint density at radius 2 is 0.750 bits per heavy atom. The Labute approximate surface area is 325 Å². The maximum atomic E-state index is 6.44. The molecule has 11 aromatic rings. The van der Waals surface area contributed by atoms with Gasteiger partial charge in [0.2, 0.25) is 0 Å². The van der Waals surface area contributed by atoms with Crippen molar-refractivity contribution in [3.8, 4) is 33.4 Å². The van der Waals surface area contributed by atoms with Gasteiger partial charge in [-0.15, -0.1) is 0 Å². The first-order chi connectivity index (χ1) is 27.8. The number of rotatable bonds is 6. The molecule has 0 spiro atoms. The fourth-order valence-corrected chi connectivity index (χ4v) is 8.56. The van der Waals surface area contributed by atoms with Crippen molar-refractivity contribution in [2.75, 3.05) is 4.90 Å². The molecule has 2 nitrogen and oxygen atoms in total. The Bertz CT molecular complexity index is 3200. The van der Waals surface area contributed by atoms with Gasteiger partial charge >= 0.3 is 0 Å². The predicted octanol–water partition coefficient (Wildman–Crippen LogP) is 15.5. The first-order valence-electron chi connectivity index (χ1n) is 19.2. The molecule has 0 aliphatic heterocycles. The van der Waals surface area contributed by atoms with Crippen LogP contribution in [0.4, 0.5) is 17.1 Å². The molecule has 0 saturated carbocycles. The molecular formula is C54H35NO. The van der Waals surface area contributed by atoms with E-state index in [9.17, 15) is 0 Å². The highest BCUT2D eigenvalue weighted by Gasteiger charge is 2.18. The molecule has 0 unspecified atom stereocenters. The Hall–Kier alpha value is -7.42. The van der Waals surface area contributed by atoms with Crippen LogP contribution in [-0.4, -0.2) is 0 Å². The zero-order chi connectivity index (χ0) is 37.0. The summed E-state index contributed by atoms with van der Waals surface area (Å²) in [7, 11) is 0. The average molecular weight is 714 g/mol. The third-order valence-electron chi connectivity index (χ3n) is 11.3. The van der Waals surface area contributed by atoms with Crippen molar-refractivity contribution in [3.63, 3.8) is 0 Å². The molecule has 262 valence electrons. The summed E-state index contributed by atoms with van der Waals surface area (Å²) in [4.78, 5) is 2.39. The number of nitrogens with zero attached hydrogens (tertiary/aromatic N) is 1. The van der Waals surface area contributed by atoms with Crippen molar-refractivity contribution in [1.82, 2.24) is 0 Å². The van der Waals surface area contributed by atoms with Crippen molar-refractivity contribution in [2.24, 2.45) is 0 Å². The molecule has 0 radical (unpaired) electrons. The van der Waals surface area contributed by atoms with E-state index in [1.54, 1.807) is 0 Å². The van der Waals surface area contributed by atoms with E-state index < -0.39 is 0 Å². The Kier molecular flexibility index (Phi) is 7.53. The summed E-state index contributed by atoms with van der Waals surface area (Å²) in [5, 5.41) is 9.83. The van der Waals surface area contributed by atoms with Gasteiger partial charge in [-0.2, -0.15) is 0 Å². The van der Waals surface area contributed by atoms with E-state index in [-0.39, 0.29) is 0 Å². The molecule has 1 heterocycles. The van der Waals surface area contributed by atoms with Crippen LogP contribution in [0.1, 0.15) is 0 Å². The lowest BCUT2D eigenvalue weighted by atomic mass is 9.94. The molecular weight excluding hydrogens is 679 g/mol. The van der Waals surface area contributed by atoms with Gasteiger partial charge in [-0.3, -0.25) is 0 Å². The van der Waals surface area contributed by atoms with Crippen LogP contribution in [0.5, 0.6) is 0 Å². The third kappa shape index (κ3) is 5.34. The number of anilines is 3. The van der Waals surface area contributed by atoms with Crippen molar-refractivity contribution >= 4 is 71.3 Å². The number of hydrogen-bond acceptors (Lipinski definition) is 2. The molecule has 0 N–H and O–H groups in total. The molecule has 0 aliphatic carbocycles. The zero-order valence-corrected chi connectivity index (χ0v) is 30.6. The molecule has 10 aromatic carbocycles. The zero-order valence-electron chi connectivity index (χ0n) is 30.6. The largest absolute Gasteiger partial charge is 0.455 e. The summed E-state index contributed by atoms with van der Waals surface area (Å²) in [6, 6.07) is 76.5. The minimum Gasteiger partial charge on any atom is -0.455 e. The van der Waals surface area contributed by atoms with Gasteiger partial charge in [-0.05, 0) is 103 Å². The Balaban J connectivity index is 1.07. The smallest absolute Gasteiger partial charge is 0.143 e. The van der Waals surface area contributed by atoms with Crippen LogP contribution in [-0.2, 0) is 0 Å². The highest BCUT2D eigenvalue weighted by Crippen LogP contribution is 2.43. The minimum atomic E-state index is 0.906. The summed E-state index contributed by atoms with van der Waals surface area (Å²) in [5.41, 5.74) is 12.1. The van der Waals surface area contributed by atoms with Gasteiger partial charge in [0.15, 0.2) is 0 Å². The quantitative estimate of drug-likeness (QED) is 0.160. The van der Waals surface area contributed by atoms with E-state index >= 15 is 0 Å². The Morgan fingerprint density at radius 1 is 0.268 bits per heavy atom. The van der Waals surface area contributed by atoms with Crippen LogP contribution in [0, 0.1) is 0 Å². The summed E-state index contributed by atoms with van der Waals surface area (Å²) in [6.45, 7) is 0. The van der Waals surface area contributed by atoms with E-state index in [1.165, 1.54) is 49.0 Å². The van der Waals surface area contributed by atoms with E-state index in [0.717, 1.165) is 55.7 Å². The van der Waals surface area contributed by atoms with Crippen LogP contribution >= 0.6 is 0 Å². The van der Waals surface area contributed by atoms with Gasteiger partial charge < -0.3 is 9.32 Å². The van der Waals surface area contributed by atoms with E-state index in [0.29, 0.717) is 0 Å². The lowest BCUT2D eigenvalue weighted by Crippen LogP contribution is -2.10. The summed E-state index contributed by atoms with van der Waals surface area (Å²) in [5.74, 6) is 0. The molecule has 0 atom stereocenters. The molecule has 0 bridgehead atoms. The fraction of sp³-hybridized carbons (Fsp3) is 0. The molecule has 0 fully saturated rings. The number of fused-ring (bicyclic) bond motifs is 9. The fourth-order valence-electron chi connectivity index (χ4n) is 8.56. The van der Waals surface area contributed by atoms with Gasteiger partial charge in [-0.1, -0.05) is 170 Å². The average Bonchev–Trinajstić information content (AvgIpc) is 3.66. The second-order valence-corrected chi connectivity index (χ2v) is 14.5. The summed E-state index contributed by atoms with van der Waals surface area (Å²) < 4.78 is 6.44. The normalized spacial score (nSPS) is 11.6. The van der Waals surface area contributed by atoms with Crippen molar-refractivity contribution in [2.45, 2.75) is 0 Å². The second-order valence-electron chi connectivity index (χ2n) is 14.5. The van der Waals surface area contributed by atoms with Gasteiger partial charge in [0.05, 0.1) is 0 Å². The number of para-hydroxylation sites is 2. The summed E-state index contributed by atoms with van der Waals surface area (Å²) >= 11 is 0. The van der Waals surface area contributed by atoms with Crippen LogP contribution < -0.4 is 4.90 Å². The second kappa shape index (κ2) is 13.2. The van der Waals surface area contributed by atoms with Crippen molar-refractivity contribution < 1.29 is 4.42 Å². The van der Waals surface area contributed by atoms with Crippen molar-refractivity contribution in [1.29, 1.82) is 0 Å². The first kappa shape index (κ1) is 32.0. The minimum absolute atomic E-state index is 0.906. The first-order valence-corrected chi connectivity index (χ1v) is 19.2. The van der Waals surface area contributed by atoms with Crippen LogP contribution in [0.2, 0.25) is 0 Å². The van der Waals surface area contributed by atoms with Gasteiger partial charge in [0.1, 0.15) is 11.2 Å². The monoisotopic (exact) mass is 713 g/mol. The maximum Gasteiger partial charge on any atom is 0.143 e. The Morgan fingerprint density at radius 3 is 1.46 bits per heavy atom. The van der Waals surface area contributed by atoms with Crippen LogP contribution in [0.3, 0.4) is 0 Å². The predicted molar refractivity (Wildman–Crippen MR) is 237 cm³/mol. The van der Waals surface area contributed by atoms with Gasteiger partial charge in [-0.25, -0.2) is 0 Å². The van der Waals surface area contributed by atoms with Crippen LogP contribution in [0.25, 0.3) is 87.6 Å². The summed E-state index contributed by atoms with van der Waals surface area (Å²) in [6.07, 6.45) is 0. The van der Waals surface area contributed by atoms with E-state index in [4.69, 9.17) is 4.42 Å². The van der Waals surface area contributed by atoms with Crippen LogP contribution in [0.15, 0.2) is 217 Å². The van der Waals surface area contributed by atoms with Gasteiger partial charge in [0.25, 0.3) is 0 Å². The molecule has 2 heteroatoms. The third-order valence-corrected chi connectivity index (χ3v) is 11.3. The molecule has 0 amide bonds. The maximum absolute atomic E-state index is 6.44. The molecule has 11 rings (SSSR count). The molecule has 0 saturated heterocycles. The molecule has 1 aromatic heterocycles. The highest BCUT2D eigenvalue weighted by atomic mass is 16.3. The number of hydrogen-bond donors (Lipinski definition) is 0. The standard InChI is InChI=1S/C54H35NO/c1-2-12-36(13-3-1)37-24-26-38(27-25-37)40-14-10-15-42(34-40)55(43-32-33-49-47-18-5-4-16-45(47)46-17-6-7-19-48(46)52(49)35-43)41-30-28-39(29-31-41)44-21-11-22-51-50-20-8-9-23-53(50)56-54(44)51/h1-35H. The van der Waals surface area contributed by atoms with Gasteiger partial charge in [0, 0.05) is 33.4 Å². The highest BCUT2D eigenvalue weighted by molar-refractivity contribution is 6.25. The SMILES string of the molecule is c1ccc(-c2ccc(-c3cccc(N(c4ccc(-c5cccc6c5oc5ccccc56)cc4)c4ccc5c6ccccc6c6ccccc6c5c4)c3)cc2)cc1. The van der Waals surface area contributed by atoms with Crippen molar-refractivity contribution in [3.05, 3.63) is 212 Å². The number of benzene rings is 10. The van der Waals surface area contributed by atoms with E-state index in [1.807, 2.05) is 12.1 Å². The lowest BCUT2D eigenvalue weighted by Gasteiger charge is -2.27. The lowest BCUT2D eigenvalue weighted by molar-refractivity contribution is 0.670. The van der Waals surface area contributed by atoms with E-state index in [2.05, 4.69) is 205 Å². The topological polar surface area (TPSA) is 16.4 Å². The number of furan rings is 1. The molecule has 0 aliphatic rings. The molecule has 56 heavy (non-hydrogen) atoms.